The standard InChI is InChI=1S/C11H17ClN2O/c1-2-9-15-10-5-3-7-13-11(10)14-8-4-6-12/h3,5,7H,2,4,6,8-9H2,1H3,(H,13,14). The predicted octanol–water partition coefficient (Wildman–Crippen LogP) is 2.91. The van der Waals surface area contributed by atoms with E-state index in [-0.39, 0.29) is 0 Å². The van der Waals surface area contributed by atoms with Crippen molar-refractivity contribution >= 4 is 17.4 Å². The normalized spacial score (nSPS) is 10.0. The van der Waals surface area contributed by atoms with Crippen molar-refractivity contribution in [1.29, 1.82) is 0 Å². The molecule has 0 amide bonds. The number of aromatic nitrogens is 1. The molecule has 0 bridgehead atoms. The lowest BCUT2D eigenvalue weighted by Crippen LogP contribution is -2.06. The van der Waals surface area contributed by atoms with E-state index in [1.54, 1.807) is 6.20 Å². The van der Waals surface area contributed by atoms with Crippen LogP contribution in [0.1, 0.15) is 19.8 Å². The van der Waals surface area contributed by atoms with Crippen LogP contribution in [-0.2, 0) is 0 Å². The SMILES string of the molecule is CCCOc1cccnc1NCCCCl. The van der Waals surface area contributed by atoms with Crippen molar-refractivity contribution in [1.82, 2.24) is 4.98 Å². The van der Waals surface area contributed by atoms with E-state index in [4.69, 9.17) is 16.3 Å². The lowest BCUT2D eigenvalue weighted by atomic mass is 10.4. The molecule has 84 valence electrons. The summed E-state index contributed by atoms with van der Waals surface area (Å²) in [5.41, 5.74) is 0. The Morgan fingerprint density at radius 2 is 2.40 bits per heavy atom. The van der Waals surface area contributed by atoms with Crippen LogP contribution in [0.2, 0.25) is 0 Å². The molecule has 0 saturated heterocycles. The summed E-state index contributed by atoms with van der Waals surface area (Å²) in [7, 11) is 0. The third-order valence-corrected chi connectivity index (χ3v) is 2.10. The number of anilines is 1. The number of hydrogen-bond acceptors (Lipinski definition) is 3. The number of pyridine rings is 1. The van der Waals surface area contributed by atoms with Crippen LogP contribution < -0.4 is 10.1 Å². The van der Waals surface area contributed by atoms with E-state index in [1.165, 1.54) is 0 Å². The van der Waals surface area contributed by atoms with Gasteiger partial charge in [0.25, 0.3) is 0 Å². The molecule has 0 saturated carbocycles. The topological polar surface area (TPSA) is 34.1 Å². The summed E-state index contributed by atoms with van der Waals surface area (Å²) in [6, 6.07) is 3.80. The van der Waals surface area contributed by atoms with Crippen LogP contribution in [0.15, 0.2) is 18.3 Å². The first-order valence-electron chi connectivity index (χ1n) is 5.26. The molecule has 0 fully saturated rings. The largest absolute Gasteiger partial charge is 0.490 e. The molecule has 0 aliphatic rings. The molecule has 0 aliphatic heterocycles. The van der Waals surface area contributed by atoms with Crippen molar-refractivity contribution in [2.45, 2.75) is 19.8 Å². The molecular formula is C11H17ClN2O. The van der Waals surface area contributed by atoms with Gasteiger partial charge in [-0.25, -0.2) is 4.98 Å². The molecule has 0 atom stereocenters. The van der Waals surface area contributed by atoms with Gasteiger partial charge in [0, 0.05) is 18.6 Å². The van der Waals surface area contributed by atoms with Gasteiger partial charge in [-0.05, 0) is 25.0 Å². The zero-order valence-electron chi connectivity index (χ0n) is 9.00. The molecule has 3 nitrogen and oxygen atoms in total. The Hall–Kier alpha value is -0.960. The number of nitrogens with zero attached hydrogens (tertiary/aromatic N) is 1. The third kappa shape index (κ3) is 4.38. The van der Waals surface area contributed by atoms with E-state index in [2.05, 4.69) is 17.2 Å². The van der Waals surface area contributed by atoms with Gasteiger partial charge in [-0.15, -0.1) is 11.6 Å². The van der Waals surface area contributed by atoms with E-state index < -0.39 is 0 Å². The summed E-state index contributed by atoms with van der Waals surface area (Å²) in [4.78, 5) is 4.22. The average molecular weight is 229 g/mol. The highest BCUT2D eigenvalue weighted by atomic mass is 35.5. The van der Waals surface area contributed by atoms with Gasteiger partial charge in [0.1, 0.15) is 0 Å². The first-order valence-corrected chi connectivity index (χ1v) is 5.79. The first-order chi connectivity index (χ1) is 7.38. The van der Waals surface area contributed by atoms with Gasteiger partial charge in [-0.1, -0.05) is 6.92 Å². The molecule has 1 rings (SSSR count). The molecule has 15 heavy (non-hydrogen) atoms. The molecular weight excluding hydrogens is 212 g/mol. The van der Waals surface area contributed by atoms with Crippen LogP contribution in [0.5, 0.6) is 5.75 Å². The van der Waals surface area contributed by atoms with Gasteiger partial charge >= 0.3 is 0 Å². The summed E-state index contributed by atoms with van der Waals surface area (Å²) >= 11 is 5.60. The van der Waals surface area contributed by atoms with Crippen LogP contribution in [-0.4, -0.2) is 24.0 Å². The second-order valence-corrected chi connectivity index (χ2v) is 3.55. The Morgan fingerprint density at radius 3 is 3.13 bits per heavy atom. The van der Waals surface area contributed by atoms with E-state index in [0.29, 0.717) is 5.88 Å². The number of halogens is 1. The molecule has 1 N–H and O–H groups in total. The van der Waals surface area contributed by atoms with Gasteiger partial charge < -0.3 is 10.1 Å². The summed E-state index contributed by atoms with van der Waals surface area (Å²) in [6.45, 7) is 3.62. The number of alkyl halides is 1. The fourth-order valence-corrected chi connectivity index (χ4v) is 1.26. The summed E-state index contributed by atoms with van der Waals surface area (Å²) in [6.07, 6.45) is 3.67. The Balaban J connectivity index is 2.52. The lowest BCUT2D eigenvalue weighted by molar-refractivity contribution is 0.318. The number of nitrogens with one attached hydrogen (secondary N) is 1. The highest BCUT2D eigenvalue weighted by Gasteiger charge is 2.02. The van der Waals surface area contributed by atoms with Gasteiger partial charge in [-0.3, -0.25) is 0 Å². The Bertz CT molecular complexity index is 281. The number of rotatable bonds is 7. The monoisotopic (exact) mass is 228 g/mol. The van der Waals surface area contributed by atoms with Crippen molar-refractivity contribution < 1.29 is 4.74 Å². The van der Waals surface area contributed by atoms with E-state index in [9.17, 15) is 0 Å². The summed E-state index contributed by atoms with van der Waals surface area (Å²) < 4.78 is 5.56. The Labute approximate surface area is 95.8 Å². The fourth-order valence-electron chi connectivity index (χ4n) is 1.13. The molecule has 1 aromatic rings. The van der Waals surface area contributed by atoms with Gasteiger partial charge in [0.15, 0.2) is 11.6 Å². The highest BCUT2D eigenvalue weighted by molar-refractivity contribution is 6.17. The van der Waals surface area contributed by atoms with Crippen molar-refractivity contribution in [3.05, 3.63) is 18.3 Å². The zero-order chi connectivity index (χ0) is 10.9. The summed E-state index contributed by atoms with van der Waals surface area (Å²) in [5.74, 6) is 2.27. The molecule has 0 spiro atoms. The fraction of sp³-hybridized carbons (Fsp3) is 0.545. The molecule has 0 radical (unpaired) electrons. The van der Waals surface area contributed by atoms with Gasteiger partial charge in [0.05, 0.1) is 6.61 Å². The highest BCUT2D eigenvalue weighted by Crippen LogP contribution is 2.20. The van der Waals surface area contributed by atoms with Crippen LogP contribution in [0, 0.1) is 0 Å². The lowest BCUT2D eigenvalue weighted by Gasteiger charge is -2.10. The molecule has 0 unspecified atom stereocenters. The van der Waals surface area contributed by atoms with Crippen molar-refractivity contribution in [3.63, 3.8) is 0 Å². The van der Waals surface area contributed by atoms with Crippen LogP contribution in [0.3, 0.4) is 0 Å². The predicted molar refractivity (Wildman–Crippen MR) is 63.8 cm³/mol. The second kappa shape index (κ2) is 7.35. The van der Waals surface area contributed by atoms with Crippen molar-refractivity contribution in [3.8, 4) is 5.75 Å². The second-order valence-electron chi connectivity index (χ2n) is 3.17. The maximum atomic E-state index is 5.60. The molecule has 0 aromatic carbocycles. The van der Waals surface area contributed by atoms with Crippen LogP contribution in [0.25, 0.3) is 0 Å². The van der Waals surface area contributed by atoms with E-state index in [0.717, 1.165) is 37.6 Å². The quantitative estimate of drug-likeness (QED) is 0.576. The molecule has 4 heteroatoms. The zero-order valence-corrected chi connectivity index (χ0v) is 9.76. The van der Waals surface area contributed by atoms with Gasteiger partial charge in [0.2, 0.25) is 0 Å². The van der Waals surface area contributed by atoms with Crippen molar-refractivity contribution in [2.24, 2.45) is 0 Å². The minimum absolute atomic E-state index is 0.658. The molecule has 1 aromatic heterocycles. The minimum atomic E-state index is 0.658. The summed E-state index contributed by atoms with van der Waals surface area (Å²) in [5, 5.41) is 3.20. The Morgan fingerprint density at radius 1 is 1.53 bits per heavy atom. The maximum absolute atomic E-state index is 5.60. The smallest absolute Gasteiger partial charge is 0.168 e. The van der Waals surface area contributed by atoms with Crippen LogP contribution >= 0.6 is 11.6 Å². The minimum Gasteiger partial charge on any atom is -0.490 e. The van der Waals surface area contributed by atoms with Gasteiger partial charge in [-0.2, -0.15) is 0 Å². The van der Waals surface area contributed by atoms with Crippen LogP contribution in [0.4, 0.5) is 5.82 Å². The Kier molecular flexibility index (Phi) is 5.93. The van der Waals surface area contributed by atoms with E-state index in [1.807, 2.05) is 12.1 Å². The first kappa shape index (κ1) is 12.1. The molecule has 1 heterocycles. The molecule has 0 aliphatic carbocycles. The number of ether oxygens (including phenoxy) is 1. The third-order valence-electron chi connectivity index (χ3n) is 1.84. The number of hydrogen-bond donors (Lipinski definition) is 1. The maximum Gasteiger partial charge on any atom is 0.168 e. The van der Waals surface area contributed by atoms with E-state index >= 15 is 0 Å². The van der Waals surface area contributed by atoms with Crippen molar-refractivity contribution in [2.75, 3.05) is 24.3 Å². The average Bonchev–Trinajstić information content (AvgIpc) is 2.28.